The van der Waals surface area contributed by atoms with Crippen LogP contribution in [0.3, 0.4) is 0 Å². The van der Waals surface area contributed by atoms with Crippen LogP contribution < -0.4 is 0 Å². The summed E-state index contributed by atoms with van der Waals surface area (Å²) in [5, 5.41) is 0.831. The molecule has 72 valence electrons. The van der Waals surface area contributed by atoms with Gasteiger partial charge < -0.3 is 0 Å². The zero-order chi connectivity index (χ0) is 10.2. The summed E-state index contributed by atoms with van der Waals surface area (Å²) in [4.78, 5) is 4.42. The highest BCUT2D eigenvalue weighted by molar-refractivity contribution is 6.31. The predicted octanol–water partition coefficient (Wildman–Crippen LogP) is 3.65. The number of hydrogen-bond acceptors (Lipinski definition) is 1. The van der Waals surface area contributed by atoms with Crippen LogP contribution in [0.15, 0.2) is 6.07 Å². The van der Waals surface area contributed by atoms with Gasteiger partial charge in [0.15, 0.2) is 0 Å². The number of rotatable bonds is 0. The summed E-state index contributed by atoms with van der Waals surface area (Å²) < 4.78 is 0. The second kappa shape index (κ2) is 3.30. The van der Waals surface area contributed by atoms with Crippen molar-refractivity contribution >= 4 is 11.6 Å². The van der Waals surface area contributed by atoms with Crippen molar-refractivity contribution < 1.29 is 0 Å². The second-order valence-electron chi connectivity index (χ2n) is 4.46. The van der Waals surface area contributed by atoms with Gasteiger partial charge in [0, 0.05) is 16.4 Å². The first kappa shape index (κ1) is 10.5. The molecule has 0 atom stereocenters. The van der Waals surface area contributed by atoms with Gasteiger partial charge in [0.25, 0.3) is 0 Å². The van der Waals surface area contributed by atoms with Crippen molar-refractivity contribution in [2.75, 3.05) is 0 Å². The smallest absolute Gasteiger partial charge is 0.0479 e. The van der Waals surface area contributed by atoms with E-state index in [1.807, 2.05) is 19.9 Å². The summed E-state index contributed by atoms with van der Waals surface area (Å²) >= 11 is 6.18. The number of aryl methyl sites for hydroxylation is 2. The van der Waals surface area contributed by atoms with E-state index >= 15 is 0 Å². The lowest BCUT2D eigenvalue weighted by atomic mass is 9.86. The number of halogens is 1. The molecule has 0 saturated heterocycles. The molecule has 1 rings (SSSR count). The lowest BCUT2D eigenvalue weighted by molar-refractivity contribution is 0.582. The Kier molecular flexibility index (Phi) is 2.67. The SMILES string of the molecule is Cc1cc(Cl)c(C(C)(C)C)c(C)n1. The van der Waals surface area contributed by atoms with Gasteiger partial charge in [-0.1, -0.05) is 32.4 Å². The molecule has 0 aliphatic carbocycles. The molecule has 1 heterocycles. The average Bonchev–Trinajstić information content (AvgIpc) is 1.78. The maximum absolute atomic E-state index is 6.18. The van der Waals surface area contributed by atoms with Crippen molar-refractivity contribution in [3.8, 4) is 0 Å². The van der Waals surface area contributed by atoms with Crippen molar-refractivity contribution in [1.29, 1.82) is 0 Å². The van der Waals surface area contributed by atoms with Gasteiger partial charge in [0.05, 0.1) is 0 Å². The zero-order valence-electron chi connectivity index (χ0n) is 8.90. The van der Waals surface area contributed by atoms with Crippen LogP contribution in [0.2, 0.25) is 5.02 Å². The molecule has 0 radical (unpaired) electrons. The van der Waals surface area contributed by atoms with E-state index in [0.29, 0.717) is 0 Å². The zero-order valence-corrected chi connectivity index (χ0v) is 9.66. The summed E-state index contributed by atoms with van der Waals surface area (Å²) in [7, 11) is 0. The van der Waals surface area contributed by atoms with Crippen molar-refractivity contribution in [1.82, 2.24) is 4.98 Å². The maximum Gasteiger partial charge on any atom is 0.0479 e. The molecule has 0 unspecified atom stereocenters. The van der Waals surface area contributed by atoms with Gasteiger partial charge in [-0.2, -0.15) is 0 Å². The second-order valence-corrected chi connectivity index (χ2v) is 4.86. The van der Waals surface area contributed by atoms with Crippen LogP contribution >= 0.6 is 11.6 Å². The Bertz CT molecular complexity index is 300. The molecule has 1 aromatic rings. The van der Waals surface area contributed by atoms with Crippen molar-refractivity contribution in [2.24, 2.45) is 0 Å². The molecule has 13 heavy (non-hydrogen) atoms. The third-order valence-corrected chi connectivity index (χ3v) is 2.33. The average molecular weight is 198 g/mol. The molecular formula is C11H16ClN. The highest BCUT2D eigenvalue weighted by Gasteiger charge is 2.20. The highest BCUT2D eigenvalue weighted by Crippen LogP contribution is 2.31. The standard InChI is InChI=1S/C11H16ClN/c1-7-6-9(12)10(8(2)13-7)11(3,4)5/h6H,1-5H3. The van der Waals surface area contributed by atoms with Gasteiger partial charge in [0.2, 0.25) is 0 Å². The molecule has 0 fully saturated rings. The molecule has 1 nitrogen and oxygen atoms in total. The minimum Gasteiger partial charge on any atom is -0.258 e. The van der Waals surface area contributed by atoms with Crippen molar-refractivity contribution in [2.45, 2.75) is 40.0 Å². The quantitative estimate of drug-likeness (QED) is 0.619. The van der Waals surface area contributed by atoms with Crippen LogP contribution in [0.5, 0.6) is 0 Å². The molecule has 2 heteroatoms. The van der Waals surface area contributed by atoms with Crippen LogP contribution in [-0.4, -0.2) is 4.98 Å². The lowest BCUT2D eigenvalue weighted by Gasteiger charge is -2.22. The Hall–Kier alpha value is -0.560. The van der Waals surface area contributed by atoms with E-state index in [1.165, 1.54) is 0 Å². The normalized spacial score (nSPS) is 11.8. The minimum atomic E-state index is 0.0713. The topological polar surface area (TPSA) is 12.9 Å². The molecule has 1 aromatic heterocycles. The van der Waals surface area contributed by atoms with Gasteiger partial charge >= 0.3 is 0 Å². The fourth-order valence-corrected chi connectivity index (χ4v) is 2.26. The summed E-state index contributed by atoms with van der Waals surface area (Å²) in [5.41, 5.74) is 3.25. The summed E-state index contributed by atoms with van der Waals surface area (Å²) in [6.45, 7) is 10.4. The minimum absolute atomic E-state index is 0.0713. The largest absolute Gasteiger partial charge is 0.258 e. The summed E-state index contributed by atoms with van der Waals surface area (Å²) in [5.74, 6) is 0. The van der Waals surface area contributed by atoms with Crippen LogP contribution in [0.25, 0.3) is 0 Å². The molecule has 0 aromatic carbocycles. The Morgan fingerprint density at radius 1 is 1.23 bits per heavy atom. The maximum atomic E-state index is 6.18. The van der Waals surface area contributed by atoms with Crippen LogP contribution in [0, 0.1) is 13.8 Å². The summed E-state index contributed by atoms with van der Waals surface area (Å²) in [6, 6.07) is 1.93. The van der Waals surface area contributed by atoms with E-state index in [-0.39, 0.29) is 5.41 Å². The number of pyridine rings is 1. The van der Waals surface area contributed by atoms with Gasteiger partial charge in [-0.15, -0.1) is 0 Å². The van der Waals surface area contributed by atoms with E-state index in [2.05, 4.69) is 25.8 Å². The third-order valence-electron chi connectivity index (χ3n) is 2.03. The fraction of sp³-hybridized carbons (Fsp3) is 0.545. The van der Waals surface area contributed by atoms with Crippen LogP contribution in [0.1, 0.15) is 37.7 Å². The van der Waals surface area contributed by atoms with Gasteiger partial charge in [-0.05, 0) is 30.9 Å². The molecular weight excluding hydrogens is 182 g/mol. The molecule has 0 spiro atoms. The molecule has 0 aliphatic rings. The van der Waals surface area contributed by atoms with E-state index < -0.39 is 0 Å². The third kappa shape index (κ3) is 2.22. The molecule has 0 saturated carbocycles. The Labute approximate surface area is 85.1 Å². The predicted molar refractivity (Wildman–Crippen MR) is 57.4 cm³/mol. The van der Waals surface area contributed by atoms with Crippen molar-refractivity contribution in [3.63, 3.8) is 0 Å². The molecule has 0 bridgehead atoms. The number of hydrogen-bond donors (Lipinski definition) is 0. The number of aromatic nitrogens is 1. The van der Waals surface area contributed by atoms with E-state index in [9.17, 15) is 0 Å². The molecule has 0 amide bonds. The van der Waals surface area contributed by atoms with Gasteiger partial charge in [-0.3, -0.25) is 4.98 Å². The Balaban J connectivity index is 3.38. The molecule has 0 aliphatic heterocycles. The van der Waals surface area contributed by atoms with Crippen LogP contribution in [0.4, 0.5) is 0 Å². The first-order valence-corrected chi connectivity index (χ1v) is 4.84. The van der Waals surface area contributed by atoms with Gasteiger partial charge in [0.1, 0.15) is 0 Å². The first-order chi connectivity index (χ1) is 5.82. The van der Waals surface area contributed by atoms with E-state index in [0.717, 1.165) is 22.0 Å². The van der Waals surface area contributed by atoms with E-state index in [1.54, 1.807) is 0 Å². The van der Waals surface area contributed by atoms with Crippen molar-refractivity contribution in [3.05, 3.63) is 28.0 Å². The lowest BCUT2D eigenvalue weighted by Crippen LogP contribution is -2.15. The van der Waals surface area contributed by atoms with Crippen LogP contribution in [-0.2, 0) is 5.41 Å². The highest BCUT2D eigenvalue weighted by atomic mass is 35.5. The first-order valence-electron chi connectivity index (χ1n) is 4.46. The summed E-state index contributed by atoms with van der Waals surface area (Å²) in [6.07, 6.45) is 0. The Morgan fingerprint density at radius 2 is 1.77 bits per heavy atom. The number of nitrogens with zero attached hydrogens (tertiary/aromatic N) is 1. The monoisotopic (exact) mass is 197 g/mol. The van der Waals surface area contributed by atoms with E-state index in [4.69, 9.17) is 11.6 Å². The fourth-order valence-electron chi connectivity index (χ4n) is 1.68. The van der Waals surface area contributed by atoms with Gasteiger partial charge in [-0.25, -0.2) is 0 Å². The Morgan fingerprint density at radius 3 is 2.15 bits per heavy atom. The molecule has 0 N–H and O–H groups in total.